The molecule has 2 aromatic rings. The van der Waals surface area contributed by atoms with E-state index in [1.54, 1.807) is 18.5 Å². The fourth-order valence-corrected chi connectivity index (χ4v) is 3.30. The highest BCUT2D eigenvalue weighted by Crippen LogP contribution is 2.30. The second kappa shape index (κ2) is 7.73. The SMILES string of the molecule is O=C(Nc1ccc(NC(=O)C2CCCN(c3ncccn3)C2)cc1)C1CC1. The number of carbonyl (C=O) groups excluding carboxylic acids is 2. The lowest BCUT2D eigenvalue weighted by Crippen LogP contribution is -2.41. The van der Waals surface area contributed by atoms with Gasteiger partial charge in [0, 0.05) is 42.8 Å². The number of rotatable bonds is 5. The van der Waals surface area contributed by atoms with E-state index in [0.29, 0.717) is 12.5 Å². The number of piperidine rings is 1. The fraction of sp³-hybridized carbons (Fsp3) is 0.400. The van der Waals surface area contributed by atoms with Crippen LogP contribution in [0, 0.1) is 11.8 Å². The molecule has 2 N–H and O–H groups in total. The number of nitrogens with one attached hydrogen (secondary N) is 2. The van der Waals surface area contributed by atoms with Crippen LogP contribution in [-0.4, -0.2) is 34.9 Å². The largest absolute Gasteiger partial charge is 0.340 e. The third-order valence-corrected chi connectivity index (χ3v) is 5.00. The molecule has 0 radical (unpaired) electrons. The Morgan fingerprint density at radius 3 is 2.07 bits per heavy atom. The van der Waals surface area contributed by atoms with Crippen molar-refractivity contribution in [2.75, 3.05) is 28.6 Å². The predicted octanol–water partition coefficient (Wildman–Crippen LogP) is 2.68. The van der Waals surface area contributed by atoms with E-state index < -0.39 is 0 Å². The summed E-state index contributed by atoms with van der Waals surface area (Å²) >= 11 is 0. The molecule has 2 heterocycles. The first kappa shape index (κ1) is 17.5. The molecule has 1 saturated carbocycles. The summed E-state index contributed by atoms with van der Waals surface area (Å²) in [4.78, 5) is 35.1. The van der Waals surface area contributed by atoms with Gasteiger partial charge in [0.1, 0.15) is 0 Å². The first-order valence-corrected chi connectivity index (χ1v) is 9.43. The van der Waals surface area contributed by atoms with Crippen molar-refractivity contribution in [1.82, 2.24) is 9.97 Å². The molecular weight excluding hydrogens is 342 g/mol. The summed E-state index contributed by atoms with van der Waals surface area (Å²) in [6, 6.07) is 9.07. The third kappa shape index (κ3) is 4.42. The summed E-state index contributed by atoms with van der Waals surface area (Å²) in [6.45, 7) is 1.48. The Kier molecular flexibility index (Phi) is 5.00. The van der Waals surface area contributed by atoms with Crippen LogP contribution in [0.25, 0.3) is 0 Å². The van der Waals surface area contributed by atoms with Gasteiger partial charge in [0.15, 0.2) is 0 Å². The Morgan fingerprint density at radius 1 is 0.889 bits per heavy atom. The summed E-state index contributed by atoms with van der Waals surface area (Å²) < 4.78 is 0. The summed E-state index contributed by atoms with van der Waals surface area (Å²) in [7, 11) is 0. The van der Waals surface area contributed by atoms with Crippen LogP contribution in [0.5, 0.6) is 0 Å². The smallest absolute Gasteiger partial charge is 0.229 e. The Hall–Kier alpha value is -2.96. The molecule has 140 valence electrons. The van der Waals surface area contributed by atoms with E-state index in [4.69, 9.17) is 0 Å². The zero-order valence-electron chi connectivity index (χ0n) is 15.1. The van der Waals surface area contributed by atoms with Gasteiger partial charge in [0.2, 0.25) is 17.8 Å². The molecule has 4 rings (SSSR count). The van der Waals surface area contributed by atoms with Crippen LogP contribution >= 0.6 is 0 Å². The van der Waals surface area contributed by atoms with E-state index >= 15 is 0 Å². The average molecular weight is 365 g/mol. The molecule has 2 amide bonds. The predicted molar refractivity (Wildman–Crippen MR) is 103 cm³/mol. The van der Waals surface area contributed by atoms with Gasteiger partial charge in [-0.3, -0.25) is 9.59 Å². The molecule has 7 heteroatoms. The summed E-state index contributed by atoms with van der Waals surface area (Å²) in [5.74, 6) is 0.831. The van der Waals surface area contributed by atoms with Crippen molar-refractivity contribution >= 4 is 29.1 Å². The highest BCUT2D eigenvalue weighted by molar-refractivity contribution is 5.95. The fourth-order valence-electron chi connectivity index (χ4n) is 3.30. The van der Waals surface area contributed by atoms with Gasteiger partial charge >= 0.3 is 0 Å². The number of nitrogens with zero attached hydrogens (tertiary/aromatic N) is 3. The Bertz CT molecular complexity index is 805. The third-order valence-electron chi connectivity index (χ3n) is 5.00. The standard InChI is InChI=1S/C20H23N5O2/c26-18(14-4-5-14)23-16-6-8-17(9-7-16)24-19(27)15-3-1-12-25(13-15)20-21-10-2-11-22-20/h2,6-11,14-15H,1,3-5,12-13H2,(H,23,26)(H,24,27). The molecule has 1 aliphatic carbocycles. The Balaban J connectivity index is 1.33. The van der Waals surface area contributed by atoms with Gasteiger partial charge < -0.3 is 15.5 Å². The second-order valence-electron chi connectivity index (χ2n) is 7.16. The molecule has 1 aromatic carbocycles. The monoisotopic (exact) mass is 365 g/mol. The van der Waals surface area contributed by atoms with E-state index in [0.717, 1.165) is 43.6 Å². The van der Waals surface area contributed by atoms with Crippen LogP contribution in [0.3, 0.4) is 0 Å². The lowest BCUT2D eigenvalue weighted by atomic mass is 9.97. The van der Waals surface area contributed by atoms with Crippen molar-refractivity contribution in [3.05, 3.63) is 42.7 Å². The zero-order chi connectivity index (χ0) is 18.6. The van der Waals surface area contributed by atoms with Gasteiger partial charge in [-0.2, -0.15) is 0 Å². The molecule has 2 fully saturated rings. The lowest BCUT2D eigenvalue weighted by molar-refractivity contribution is -0.120. The molecule has 1 aromatic heterocycles. The van der Waals surface area contributed by atoms with Gasteiger partial charge in [-0.15, -0.1) is 0 Å². The topological polar surface area (TPSA) is 87.2 Å². The van der Waals surface area contributed by atoms with Gasteiger partial charge in [-0.25, -0.2) is 9.97 Å². The minimum atomic E-state index is -0.100. The van der Waals surface area contributed by atoms with Crippen molar-refractivity contribution in [3.8, 4) is 0 Å². The maximum Gasteiger partial charge on any atom is 0.229 e. The number of carbonyl (C=O) groups is 2. The van der Waals surface area contributed by atoms with Crippen LogP contribution < -0.4 is 15.5 Å². The lowest BCUT2D eigenvalue weighted by Gasteiger charge is -2.31. The van der Waals surface area contributed by atoms with Crippen molar-refractivity contribution in [1.29, 1.82) is 0 Å². The highest BCUT2D eigenvalue weighted by Gasteiger charge is 2.29. The van der Waals surface area contributed by atoms with Crippen LogP contribution in [0.4, 0.5) is 17.3 Å². The van der Waals surface area contributed by atoms with E-state index in [1.165, 1.54) is 0 Å². The number of hydrogen-bond donors (Lipinski definition) is 2. The second-order valence-corrected chi connectivity index (χ2v) is 7.16. The summed E-state index contributed by atoms with van der Waals surface area (Å²) in [5, 5.41) is 5.88. The van der Waals surface area contributed by atoms with Crippen molar-refractivity contribution in [3.63, 3.8) is 0 Å². The number of amides is 2. The molecular formula is C20H23N5O2. The van der Waals surface area contributed by atoms with Crippen molar-refractivity contribution in [2.24, 2.45) is 11.8 Å². The molecule has 0 bridgehead atoms. The first-order chi connectivity index (χ1) is 13.2. The maximum atomic E-state index is 12.7. The van der Waals surface area contributed by atoms with Crippen molar-refractivity contribution < 1.29 is 9.59 Å². The number of hydrogen-bond acceptors (Lipinski definition) is 5. The molecule has 27 heavy (non-hydrogen) atoms. The summed E-state index contributed by atoms with van der Waals surface area (Å²) in [5.41, 5.74) is 1.49. The van der Waals surface area contributed by atoms with Gasteiger partial charge in [0.05, 0.1) is 5.92 Å². The minimum Gasteiger partial charge on any atom is -0.340 e. The Morgan fingerprint density at radius 2 is 1.48 bits per heavy atom. The van der Waals surface area contributed by atoms with Gasteiger partial charge in [0.25, 0.3) is 0 Å². The summed E-state index contributed by atoms with van der Waals surface area (Å²) in [6.07, 6.45) is 7.18. The average Bonchev–Trinajstić information content (AvgIpc) is 3.56. The Labute approximate surface area is 158 Å². The van der Waals surface area contributed by atoms with Crippen LogP contribution in [0.1, 0.15) is 25.7 Å². The van der Waals surface area contributed by atoms with Crippen LogP contribution in [0.2, 0.25) is 0 Å². The van der Waals surface area contributed by atoms with Crippen LogP contribution in [-0.2, 0) is 9.59 Å². The quantitative estimate of drug-likeness (QED) is 0.851. The van der Waals surface area contributed by atoms with E-state index in [2.05, 4.69) is 25.5 Å². The first-order valence-electron chi connectivity index (χ1n) is 9.43. The maximum absolute atomic E-state index is 12.7. The zero-order valence-corrected chi connectivity index (χ0v) is 15.1. The van der Waals surface area contributed by atoms with Gasteiger partial charge in [-0.1, -0.05) is 0 Å². The van der Waals surface area contributed by atoms with E-state index in [1.807, 2.05) is 24.3 Å². The molecule has 2 aliphatic rings. The van der Waals surface area contributed by atoms with Gasteiger partial charge in [-0.05, 0) is 56.0 Å². The van der Waals surface area contributed by atoms with E-state index in [-0.39, 0.29) is 23.7 Å². The normalized spacial score (nSPS) is 19.4. The number of benzene rings is 1. The molecule has 1 aliphatic heterocycles. The minimum absolute atomic E-state index is 0.00500. The molecule has 0 spiro atoms. The number of anilines is 3. The molecule has 7 nitrogen and oxygen atoms in total. The molecule has 1 saturated heterocycles. The molecule has 1 unspecified atom stereocenters. The number of aromatic nitrogens is 2. The highest BCUT2D eigenvalue weighted by atomic mass is 16.2. The molecule has 1 atom stereocenters. The van der Waals surface area contributed by atoms with Crippen LogP contribution in [0.15, 0.2) is 42.7 Å². The van der Waals surface area contributed by atoms with E-state index in [9.17, 15) is 9.59 Å². The van der Waals surface area contributed by atoms with Crippen molar-refractivity contribution in [2.45, 2.75) is 25.7 Å².